The summed E-state index contributed by atoms with van der Waals surface area (Å²) in [6.07, 6.45) is 1.98. The fourth-order valence-corrected chi connectivity index (χ4v) is 2.41. The SMILES string of the molecule is CCOc1ccc(NC(=O)c2ccc(SC)cc2OC)cc1. The van der Waals surface area contributed by atoms with E-state index in [1.807, 2.05) is 49.6 Å². The van der Waals surface area contributed by atoms with Gasteiger partial charge >= 0.3 is 0 Å². The van der Waals surface area contributed by atoms with Crippen LogP contribution in [0.25, 0.3) is 0 Å². The molecule has 1 amide bonds. The third kappa shape index (κ3) is 3.95. The van der Waals surface area contributed by atoms with Crippen molar-refractivity contribution >= 4 is 23.4 Å². The molecule has 0 aliphatic carbocycles. The molecule has 0 saturated carbocycles. The largest absolute Gasteiger partial charge is 0.496 e. The third-order valence-corrected chi connectivity index (χ3v) is 3.80. The van der Waals surface area contributed by atoms with Gasteiger partial charge in [0.2, 0.25) is 0 Å². The maximum absolute atomic E-state index is 12.4. The fraction of sp³-hybridized carbons (Fsp3) is 0.235. The highest BCUT2D eigenvalue weighted by Gasteiger charge is 2.13. The molecule has 2 rings (SSSR count). The van der Waals surface area contributed by atoms with Crippen molar-refractivity contribution in [2.75, 3.05) is 25.3 Å². The summed E-state index contributed by atoms with van der Waals surface area (Å²) in [6.45, 7) is 2.55. The molecule has 22 heavy (non-hydrogen) atoms. The molecule has 0 bridgehead atoms. The van der Waals surface area contributed by atoms with E-state index in [2.05, 4.69) is 5.32 Å². The van der Waals surface area contributed by atoms with E-state index < -0.39 is 0 Å². The molecule has 116 valence electrons. The number of rotatable bonds is 6. The highest BCUT2D eigenvalue weighted by atomic mass is 32.2. The topological polar surface area (TPSA) is 47.6 Å². The number of thioether (sulfide) groups is 1. The lowest BCUT2D eigenvalue weighted by atomic mass is 10.2. The molecule has 0 aliphatic heterocycles. The van der Waals surface area contributed by atoms with Crippen LogP contribution in [0, 0.1) is 0 Å². The van der Waals surface area contributed by atoms with E-state index in [4.69, 9.17) is 9.47 Å². The number of nitrogens with one attached hydrogen (secondary N) is 1. The van der Waals surface area contributed by atoms with Gasteiger partial charge in [0.05, 0.1) is 19.3 Å². The van der Waals surface area contributed by atoms with Crippen LogP contribution in [0.5, 0.6) is 11.5 Å². The molecule has 0 unspecified atom stereocenters. The second-order valence-electron chi connectivity index (χ2n) is 4.48. The quantitative estimate of drug-likeness (QED) is 0.816. The van der Waals surface area contributed by atoms with E-state index in [0.29, 0.717) is 23.6 Å². The van der Waals surface area contributed by atoms with Crippen LogP contribution in [-0.2, 0) is 0 Å². The molecule has 0 atom stereocenters. The molecule has 0 heterocycles. The van der Waals surface area contributed by atoms with Crippen molar-refractivity contribution in [3.05, 3.63) is 48.0 Å². The average Bonchev–Trinajstić information content (AvgIpc) is 2.56. The third-order valence-electron chi connectivity index (χ3n) is 3.08. The number of amides is 1. The van der Waals surface area contributed by atoms with E-state index in [1.165, 1.54) is 0 Å². The summed E-state index contributed by atoms with van der Waals surface area (Å²) in [6, 6.07) is 12.8. The fourth-order valence-electron chi connectivity index (χ4n) is 1.99. The zero-order chi connectivity index (χ0) is 15.9. The summed E-state index contributed by atoms with van der Waals surface area (Å²) in [5.41, 5.74) is 1.22. The first-order chi connectivity index (χ1) is 10.7. The standard InChI is InChI=1S/C17H19NO3S/c1-4-21-13-7-5-12(6-8-13)18-17(19)15-10-9-14(22-3)11-16(15)20-2/h5-11H,4H2,1-3H3,(H,18,19). The molecule has 0 fully saturated rings. The van der Waals surface area contributed by atoms with Gasteiger partial charge in [-0.05, 0) is 55.6 Å². The van der Waals surface area contributed by atoms with Crippen molar-refractivity contribution in [2.24, 2.45) is 0 Å². The van der Waals surface area contributed by atoms with Crippen LogP contribution < -0.4 is 14.8 Å². The summed E-state index contributed by atoms with van der Waals surface area (Å²) in [5.74, 6) is 1.14. The van der Waals surface area contributed by atoms with Gasteiger partial charge in [-0.3, -0.25) is 4.79 Å². The Bertz CT molecular complexity index is 641. The molecule has 0 spiro atoms. The molecule has 0 radical (unpaired) electrons. The number of carbonyl (C=O) groups is 1. The van der Waals surface area contributed by atoms with Crippen LogP contribution in [0.1, 0.15) is 17.3 Å². The lowest BCUT2D eigenvalue weighted by molar-refractivity contribution is 0.102. The monoisotopic (exact) mass is 317 g/mol. The number of methoxy groups -OCH3 is 1. The first-order valence-electron chi connectivity index (χ1n) is 6.94. The minimum Gasteiger partial charge on any atom is -0.496 e. The van der Waals surface area contributed by atoms with Crippen molar-refractivity contribution in [1.82, 2.24) is 0 Å². The highest BCUT2D eigenvalue weighted by Crippen LogP contribution is 2.26. The van der Waals surface area contributed by atoms with E-state index in [1.54, 1.807) is 24.9 Å². The van der Waals surface area contributed by atoms with Gasteiger partial charge in [0.25, 0.3) is 5.91 Å². The van der Waals surface area contributed by atoms with Crippen LogP contribution in [0.15, 0.2) is 47.4 Å². The zero-order valence-electron chi connectivity index (χ0n) is 12.9. The Labute approximate surface area is 134 Å². The molecular weight excluding hydrogens is 298 g/mol. The van der Waals surface area contributed by atoms with Crippen LogP contribution in [0.2, 0.25) is 0 Å². The Morgan fingerprint density at radius 3 is 2.50 bits per heavy atom. The highest BCUT2D eigenvalue weighted by molar-refractivity contribution is 7.98. The van der Waals surface area contributed by atoms with Crippen LogP contribution >= 0.6 is 11.8 Å². The van der Waals surface area contributed by atoms with Gasteiger partial charge in [0, 0.05) is 10.6 Å². The molecule has 0 saturated heterocycles. The maximum Gasteiger partial charge on any atom is 0.259 e. The summed E-state index contributed by atoms with van der Waals surface area (Å²) < 4.78 is 10.7. The van der Waals surface area contributed by atoms with Crippen LogP contribution in [0.3, 0.4) is 0 Å². The second-order valence-corrected chi connectivity index (χ2v) is 5.36. The van der Waals surface area contributed by atoms with E-state index >= 15 is 0 Å². The number of hydrogen-bond acceptors (Lipinski definition) is 4. The Morgan fingerprint density at radius 2 is 1.91 bits per heavy atom. The second kappa shape index (κ2) is 7.75. The molecule has 4 nitrogen and oxygen atoms in total. The number of benzene rings is 2. The molecule has 1 N–H and O–H groups in total. The van der Waals surface area contributed by atoms with Gasteiger partial charge in [0.15, 0.2) is 0 Å². The maximum atomic E-state index is 12.4. The van der Waals surface area contributed by atoms with Gasteiger partial charge in [-0.25, -0.2) is 0 Å². The minimum absolute atomic E-state index is 0.200. The minimum atomic E-state index is -0.200. The van der Waals surface area contributed by atoms with E-state index in [-0.39, 0.29) is 5.91 Å². The van der Waals surface area contributed by atoms with E-state index in [9.17, 15) is 4.79 Å². The lowest BCUT2D eigenvalue weighted by Gasteiger charge is -2.11. The van der Waals surface area contributed by atoms with Crippen molar-refractivity contribution in [2.45, 2.75) is 11.8 Å². The summed E-state index contributed by atoms with van der Waals surface area (Å²) in [4.78, 5) is 13.4. The summed E-state index contributed by atoms with van der Waals surface area (Å²) in [5, 5.41) is 2.86. The zero-order valence-corrected chi connectivity index (χ0v) is 13.7. The van der Waals surface area contributed by atoms with Gasteiger partial charge in [-0.1, -0.05) is 0 Å². The Hall–Kier alpha value is -2.14. The molecule has 0 aromatic heterocycles. The van der Waals surface area contributed by atoms with Gasteiger partial charge in [-0.15, -0.1) is 11.8 Å². The predicted molar refractivity (Wildman–Crippen MR) is 90.3 cm³/mol. The predicted octanol–water partition coefficient (Wildman–Crippen LogP) is 4.07. The Kier molecular flexibility index (Phi) is 5.72. The van der Waals surface area contributed by atoms with Crippen molar-refractivity contribution < 1.29 is 14.3 Å². The number of hydrogen-bond donors (Lipinski definition) is 1. The van der Waals surface area contributed by atoms with Gasteiger partial charge < -0.3 is 14.8 Å². The van der Waals surface area contributed by atoms with Gasteiger partial charge in [-0.2, -0.15) is 0 Å². The van der Waals surface area contributed by atoms with Crippen LogP contribution in [0.4, 0.5) is 5.69 Å². The molecular formula is C17H19NO3S. The molecule has 2 aromatic rings. The van der Waals surface area contributed by atoms with Crippen LogP contribution in [-0.4, -0.2) is 25.9 Å². The summed E-state index contributed by atoms with van der Waals surface area (Å²) in [7, 11) is 1.56. The Balaban J connectivity index is 2.14. The molecule has 5 heteroatoms. The Morgan fingerprint density at radius 1 is 1.18 bits per heavy atom. The van der Waals surface area contributed by atoms with Crippen molar-refractivity contribution in [3.63, 3.8) is 0 Å². The molecule has 2 aromatic carbocycles. The summed E-state index contributed by atoms with van der Waals surface area (Å²) >= 11 is 1.60. The number of carbonyl (C=O) groups excluding carboxylic acids is 1. The molecule has 0 aliphatic rings. The normalized spacial score (nSPS) is 10.1. The lowest BCUT2D eigenvalue weighted by Crippen LogP contribution is -2.13. The number of anilines is 1. The first-order valence-corrected chi connectivity index (χ1v) is 8.16. The van der Waals surface area contributed by atoms with Crippen molar-refractivity contribution in [1.29, 1.82) is 0 Å². The van der Waals surface area contributed by atoms with Crippen molar-refractivity contribution in [3.8, 4) is 11.5 Å². The number of ether oxygens (including phenoxy) is 2. The van der Waals surface area contributed by atoms with E-state index in [0.717, 1.165) is 10.6 Å². The first kappa shape index (κ1) is 16.2. The van der Waals surface area contributed by atoms with Gasteiger partial charge in [0.1, 0.15) is 11.5 Å². The average molecular weight is 317 g/mol. The smallest absolute Gasteiger partial charge is 0.259 e.